The first-order valence-corrected chi connectivity index (χ1v) is 12.5. The Morgan fingerprint density at radius 3 is 2.40 bits per heavy atom. The number of pyridine rings is 1. The predicted octanol–water partition coefficient (Wildman–Crippen LogP) is 7.89. The molecule has 1 saturated carbocycles. The van der Waals surface area contributed by atoms with E-state index in [2.05, 4.69) is 67.9 Å². The largest absolute Gasteiger partial charge is 0.454 e. The Bertz CT molecular complexity index is 1630. The van der Waals surface area contributed by atoms with Crippen LogP contribution in [0, 0.1) is 25.2 Å². The first kappa shape index (κ1) is 21.6. The molecule has 0 bridgehead atoms. The van der Waals surface area contributed by atoms with Crippen LogP contribution in [0.3, 0.4) is 0 Å². The molecule has 0 radical (unpaired) electrons. The minimum absolute atomic E-state index is 0.644. The number of nitriles is 1. The summed E-state index contributed by atoms with van der Waals surface area (Å²) in [5, 5.41) is 11.8. The Morgan fingerprint density at radius 1 is 0.886 bits per heavy atom. The fourth-order valence-corrected chi connectivity index (χ4v) is 5.99. The van der Waals surface area contributed by atoms with Crippen LogP contribution in [0.1, 0.15) is 54.0 Å². The molecule has 5 aromatic rings. The predicted molar refractivity (Wildman–Crippen MR) is 141 cm³/mol. The molecule has 1 fully saturated rings. The van der Waals surface area contributed by atoms with Crippen molar-refractivity contribution in [3.8, 4) is 28.5 Å². The number of furan rings is 1. The first-order chi connectivity index (χ1) is 17.1. The van der Waals surface area contributed by atoms with Gasteiger partial charge in [0.1, 0.15) is 18.2 Å². The van der Waals surface area contributed by atoms with Gasteiger partial charge in [-0.2, -0.15) is 9.83 Å². The Hall–Kier alpha value is -3.90. The summed E-state index contributed by atoms with van der Waals surface area (Å²) in [6.07, 6.45) is 5.24. The molecule has 6 rings (SSSR count). The van der Waals surface area contributed by atoms with E-state index in [4.69, 9.17) is 4.42 Å². The molecule has 3 heteroatoms. The second-order valence-electron chi connectivity index (χ2n) is 9.88. The van der Waals surface area contributed by atoms with Gasteiger partial charge in [0.05, 0.1) is 17.2 Å². The molecule has 0 N–H and O–H groups in total. The van der Waals surface area contributed by atoms with Crippen LogP contribution >= 0.6 is 0 Å². The van der Waals surface area contributed by atoms with Crippen molar-refractivity contribution in [2.24, 2.45) is 7.05 Å². The van der Waals surface area contributed by atoms with Gasteiger partial charge in [-0.05, 0) is 55.0 Å². The van der Waals surface area contributed by atoms with Crippen molar-refractivity contribution in [1.29, 1.82) is 5.26 Å². The highest BCUT2D eigenvalue weighted by atomic mass is 16.3. The van der Waals surface area contributed by atoms with Gasteiger partial charge in [0.2, 0.25) is 5.69 Å². The number of aryl methyl sites for hydroxylation is 1. The molecule has 0 atom stereocenters. The maximum absolute atomic E-state index is 9.93. The molecule has 0 amide bonds. The molecule has 172 valence electrons. The summed E-state index contributed by atoms with van der Waals surface area (Å²) >= 11 is 0. The van der Waals surface area contributed by atoms with Crippen LogP contribution in [0.2, 0.25) is 0 Å². The number of aromatic nitrogens is 1. The fourth-order valence-electron chi connectivity index (χ4n) is 5.99. The third-order valence-electron chi connectivity index (χ3n) is 7.96. The zero-order chi connectivity index (χ0) is 24.1. The lowest BCUT2D eigenvalue weighted by Crippen LogP contribution is -2.36. The lowest BCUT2D eigenvalue weighted by Gasteiger charge is -2.14. The van der Waals surface area contributed by atoms with Gasteiger partial charge >= 0.3 is 0 Å². The Morgan fingerprint density at radius 2 is 1.66 bits per heavy atom. The van der Waals surface area contributed by atoms with Gasteiger partial charge in [-0.3, -0.25) is 0 Å². The third-order valence-corrected chi connectivity index (χ3v) is 7.96. The normalized spacial score (nSPS) is 14.1. The van der Waals surface area contributed by atoms with Crippen LogP contribution in [0.15, 0.2) is 71.1 Å². The molecule has 1 aliphatic carbocycles. The van der Waals surface area contributed by atoms with Crippen molar-refractivity contribution in [3.63, 3.8) is 0 Å². The molecular formula is C32H29N2O+. The molecule has 0 unspecified atom stereocenters. The monoisotopic (exact) mass is 457 g/mol. The molecule has 35 heavy (non-hydrogen) atoms. The molecule has 3 nitrogen and oxygen atoms in total. The maximum Gasteiger partial charge on any atom is 0.216 e. The summed E-state index contributed by atoms with van der Waals surface area (Å²) in [5.41, 5.74) is 10.6. The standard InChI is InChI=1S/C32H29N2O/c1-20-13-15-27-30-24(19-33)14-16-26(23-9-5-4-6-10-23)31(30)35-32(27)29(20)28-18-17-25(21(2)34(28)3)22-11-7-8-12-22/h4-6,9-10,13-18,22H,7-8,11-12H2,1-3H3/q+1. The third kappa shape index (κ3) is 3.36. The maximum atomic E-state index is 9.93. The summed E-state index contributed by atoms with van der Waals surface area (Å²) in [4.78, 5) is 0. The Kier molecular flexibility index (Phi) is 5.19. The van der Waals surface area contributed by atoms with Crippen molar-refractivity contribution in [1.82, 2.24) is 0 Å². The van der Waals surface area contributed by atoms with Gasteiger partial charge in [0, 0.05) is 34.9 Å². The van der Waals surface area contributed by atoms with Crippen LogP contribution in [-0.2, 0) is 7.05 Å². The molecule has 2 aromatic heterocycles. The lowest BCUT2D eigenvalue weighted by atomic mass is 9.93. The second kappa shape index (κ2) is 8.40. The first-order valence-electron chi connectivity index (χ1n) is 12.5. The van der Waals surface area contributed by atoms with Crippen molar-refractivity contribution in [3.05, 3.63) is 89.1 Å². The van der Waals surface area contributed by atoms with E-state index in [1.807, 2.05) is 30.3 Å². The van der Waals surface area contributed by atoms with Crippen LogP contribution in [0.4, 0.5) is 0 Å². The second-order valence-corrected chi connectivity index (χ2v) is 9.88. The van der Waals surface area contributed by atoms with Gasteiger partial charge in [-0.25, -0.2) is 0 Å². The topological polar surface area (TPSA) is 40.8 Å². The highest BCUT2D eigenvalue weighted by Crippen LogP contribution is 2.42. The lowest BCUT2D eigenvalue weighted by molar-refractivity contribution is -0.667. The van der Waals surface area contributed by atoms with E-state index in [0.29, 0.717) is 11.5 Å². The van der Waals surface area contributed by atoms with Crippen LogP contribution in [0.5, 0.6) is 0 Å². The minimum Gasteiger partial charge on any atom is -0.454 e. The Labute approximate surface area is 206 Å². The molecule has 3 aromatic carbocycles. The van der Waals surface area contributed by atoms with Crippen molar-refractivity contribution in [2.45, 2.75) is 45.4 Å². The fraction of sp³-hybridized carbons (Fsp3) is 0.250. The SMILES string of the molecule is Cc1ccc2c(oc3c(-c4ccccc4)ccc(C#N)c32)c1-c1ccc(C2CCCC2)c(C)[n+]1C. The van der Waals surface area contributed by atoms with E-state index in [9.17, 15) is 5.26 Å². The summed E-state index contributed by atoms with van der Waals surface area (Å²) in [6.45, 7) is 4.39. The van der Waals surface area contributed by atoms with Gasteiger partial charge < -0.3 is 4.42 Å². The number of rotatable bonds is 3. The van der Waals surface area contributed by atoms with E-state index in [1.165, 1.54) is 42.5 Å². The summed E-state index contributed by atoms with van der Waals surface area (Å²) in [5.74, 6) is 0.671. The highest BCUT2D eigenvalue weighted by molar-refractivity contribution is 6.15. The summed E-state index contributed by atoms with van der Waals surface area (Å²) < 4.78 is 9.03. The number of hydrogen-bond donors (Lipinski definition) is 0. The average molecular weight is 458 g/mol. The zero-order valence-corrected chi connectivity index (χ0v) is 20.6. The number of fused-ring (bicyclic) bond motifs is 3. The summed E-state index contributed by atoms with van der Waals surface area (Å²) in [7, 11) is 2.17. The number of benzene rings is 3. The van der Waals surface area contributed by atoms with Gasteiger partial charge in [-0.15, -0.1) is 0 Å². The van der Waals surface area contributed by atoms with Crippen molar-refractivity contribution >= 4 is 21.9 Å². The molecule has 1 aliphatic rings. The zero-order valence-electron chi connectivity index (χ0n) is 20.6. The summed E-state index contributed by atoms with van der Waals surface area (Å²) in [6, 6.07) is 25.4. The van der Waals surface area contributed by atoms with Gasteiger partial charge in [-0.1, -0.05) is 55.3 Å². The Balaban J connectivity index is 1.64. The van der Waals surface area contributed by atoms with Gasteiger partial charge in [0.15, 0.2) is 5.69 Å². The smallest absolute Gasteiger partial charge is 0.216 e. The van der Waals surface area contributed by atoms with Crippen LogP contribution in [0.25, 0.3) is 44.3 Å². The van der Waals surface area contributed by atoms with Crippen LogP contribution in [-0.4, -0.2) is 0 Å². The molecule has 0 aliphatic heterocycles. The quantitative estimate of drug-likeness (QED) is 0.258. The molecular weight excluding hydrogens is 428 g/mol. The van der Waals surface area contributed by atoms with Crippen molar-refractivity contribution in [2.75, 3.05) is 0 Å². The van der Waals surface area contributed by atoms with Gasteiger partial charge in [0.25, 0.3) is 0 Å². The van der Waals surface area contributed by atoms with Crippen LogP contribution < -0.4 is 4.57 Å². The number of nitrogens with zero attached hydrogens (tertiary/aromatic N) is 2. The number of hydrogen-bond acceptors (Lipinski definition) is 2. The van der Waals surface area contributed by atoms with E-state index >= 15 is 0 Å². The molecule has 0 spiro atoms. The minimum atomic E-state index is 0.644. The molecule has 2 heterocycles. The van der Waals surface area contributed by atoms with Crippen molar-refractivity contribution < 1.29 is 8.98 Å². The molecule has 0 saturated heterocycles. The van der Waals surface area contributed by atoms with E-state index in [0.717, 1.165) is 44.3 Å². The van der Waals surface area contributed by atoms with E-state index in [1.54, 1.807) is 0 Å². The average Bonchev–Trinajstić information content (AvgIpc) is 3.55. The van der Waals surface area contributed by atoms with E-state index in [-0.39, 0.29) is 0 Å². The van der Waals surface area contributed by atoms with E-state index < -0.39 is 0 Å². The highest BCUT2D eigenvalue weighted by Gasteiger charge is 2.28.